The molecule has 1 fully saturated rings. The Balaban J connectivity index is 1.67. The van der Waals surface area contributed by atoms with Crippen molar-refractivity contribution in [3.05, 3.63) is 62.0 Å². The van der Waals surface area contributed by atoms with Crippen LogP contribution in [0.5, 0.6) is 17.2 Å². The lowest BCUT2D eigenvalue weighted by Gasteiger charge is -2.42. The van der Waals surface area contributed by atoms with Gasteiger partial charge in [0.25, 0.3) is 0 Å². The second-order valence-electron chi connectivity index (χ2n) is 10.3. The second-order valence-corrected chi connectivity index (χ2v) is 10.3. The Hall–Kier alpha value is -4.04. The highest BCUT2D eigenvalue weighted by atomic mass is 16.7. The molecule has 41 heavy (non-hydrogen) atoms. The van der Waals surface area contributed by atoms with E-state index in [4.69, 9.17) is 19.7 Å². The summed E-state index contributed by atoms with van der Waals surface area (Å²) in [6, 6.07) is 3.36. The molecule has 14 nitrogen and oxygen atoms in total. The Morgan fingerprint density at radius 3 is 2.56 bits per heavy atom. The summed E-state index contributed by atoms with van der Waals surface area (Å²) in [5, 5.41) is 57.6. The van der Waals surface area contributed by atoms with Gasteiger partial charge in [0.1, 0.15) is 29.5 Å². The average Bonchev–Trinajstić information content (AvgIpc) is 2.95. The van der Waals surface area contributed by atoms with Crippen LogP contribution in [0.4, 0.5) is 0 Å². The Morgan fingerprint density at radius 2 is 1.90 bits per heavy atom. The molecule has 216 valence electrons. The highest BCUT2D eigenvalue weighted by Crippen LogP contribution is 2.52. The molecule has 1 heterocycles. The largest absolute Gasteiger partial charge is 0.507 e. The van der Waals surface area contributed by atoms with Gasteiger partial charge in [-0.25, -0.2) is 0 Å². The monoisotopic (exact) mass is 569 g/mol. The lowest BCUT2D eigenvalue weighted by Crippen LogP contribution is -2.50. The highest BCUT2D eigenvalue weighted by Gasteiger charge is 2.50. The van der Waals surface area contributed by atoms with E-state index in [0.29, 0.717) is 0 Å². The van der Waals surface area contributed by atoms with E-state index in [1.54, 1.807) is 0 Å². The van der Waals surface area contributed by atoms with Crippen molar-refractivity contribution < 1.29 is 54.1 Å². The summed E-state index contributed by atoms with van der Waals surface area (Å²) in [6.07, 6.45) is -5.91. The van der Waals surface area contributed by atoms with Gasteiger partial charge in [-0.15, -0.1) is 0 Å². The number of ether oxygens (including phenoxy) is 3. The third-order valence-corrected chi connectivity index (χ3v) is 7.93. The fraction of sp³-hybridized carbons (Fsp3) is 0.444. The van der Waals surface area contributed by atoms with Crippen LogP contribution in [0.3, 0.4) is 0 Å². The lowest BCUT2D eigenvalue weighted by atomic mass is 9.72. The number of azide groups is 1. The predicted octanol–water partition coefficient (Wildman–Crippen LogP) is 1.35. The van der Waals surface area contributed by atoms with E-state index in [9.17, 15) is 39.9 Å². The quantitative estimate of drug-likeness (QED) is 0.123. The number of nitrogens with zero attached hydrogens (tertiary/aromatic N) is 3. The molecule has 0 spiro atoms. The standard InChI is InChI=1S/C27H27N3O11/c1-10-22(33)13(29-30-28)6-17(40-10)41-15-8-27(38,16(32)9-31)7-12-19(15)26(37)21-20(24(12)35)23(34)11-4-3-5-14(39-2)18(11)25(21)36/h3-5,10,13,15,17,22,31,33,35,37-38H,6-9H2,1-2H3/t10-,13-,15-,17-,22+,27-/m0/s1. The van der Waals surface area contributed by atoms with Crippen LogP contribution in [0.25, 0.3) is 10.4 Å². The van der Waals surface area contributed by atoms with Crippen LogP contribution >= 0.6 is 0 Å². The zero-order chi connectivity index (χ0) is 29.8. The Kier molecular flexibility index (Phi) is 7.24. The van der Waals surface area contributed by atoms with Crippen molar-refractivity contribution in [2.24, 2.45) is 5.11 Å². The molecule has 2 aromatic carbocycles. The minimum atomic E-state index is -2.29. The molecule has 2 aliphatic carbocycles. The number of aliphatic hydroxyl groups is 3. The summed E-state index contributed by atoms with van der Waals surface area (Å²) in [5.41, 5.74) is 4.99. The molecule has 0 saturated carbocycles. The molecule has 5 N–H and O–H groups in total. The number of carbonyl (C=O) groups excluding carboxylic acids is 3. The van der Waals surface area contributed by atoms with E-state index in [0.717, 1.165) is 0 Å². The minimum absolute atomic E-state index is 0.0750. The molecule has 0 bridgehead atoms. The maximum atomic E-state index is 13.7. The maximum absolute atomic E-state index is 13.7. The van der Waals surface area contributed by atoms with Gasteiger partial charge in [-0.1, -0.05) is 17.2 Å². The summed E-state index contributed by atoms with van der Waals surface area (Å²) < 4.78 is 17.0. The van der Waals surface area contributed by atoms with Crippen LogP contribution in [-0.2, 0) is 20.7 Å². The van der Waals surface area contributed by atoms with Gasteiger partial charge in [-0.3, -0.25) is 14.4 Å². The maximum Gasteiger partial charge on any atom is 0.202 e. The van der Waals surface area contributed by atoms with E-state index in [1.165, 1.54) is 32.2 Å². The number of phenols is 2. The van der Waals surface area contributed by atoms with Crippen LogP contribution in [0, 0.1) is 0 Å². The Morgan fingerprint density at radius 1 is 1.20 bits per heavy atom. The normalized spacial score (nSPS) is 28.7. The lowest BCUT2D eigenvalue weighted by molar-refractivity contribution is -0.247. The molecule has 5 rings (SSSR count). The van der Waals surface area contributed by atoms with Crippen molar-refractivity contribution in [1.82, 2.24) is 0 Å². The number of benzene rings is 2. The summed E-state index contributed by atoms with van der Waals surface area (Å²) in [6.45, 7) is 0.457. The van der Waals surface area contributed by atoms with Crippen molar-refractivity contribution in [1.29, 1.82) is 0 Å². The molecule has 3 aliphatic rings. The average molecular weight is 570 g/mol. The number of phenolic OH excluding ortho intramolecular Hbond substituents is 2. The number of fused-ring (bicyclic) bond motifs is 3. The molecule has 1 saturated heterocycles. The smallest absolute Gasteiger partial charge is 0.202 e. The fourth-order valence-electron chi connectivity index (χ4n) is 5.87. The molecular formula is C27H27N3O11. The van der Waals surface area contributed by atoms with Crippen LogP contribution < -0.4 is 4.74 Å². The van der Waals surface area contributed by atoms with Crippen molar-refractivity contribution in [2.45, 2.75) is 62.4 Å². The van der Waals surface area contributed by atoms with Gasteiger partial charge in [-0.05, 0) is 18.5 Å². The topological polar surface area (TPSA) is 229 Å². The molecule has 14 heteroatoms. The molecule has 0 aromatic heterocycles. The van der Waals surface area contributed by atoms with Crippen molar-refractivity contribution in [3.63, 3.8) is 0 Å². The SMILES string of the molecule is COc1cccc2c1C(=O)c1c(O)c3c(c(O)c1C2=O)C[C@@](O)(C(=O)CO)C[C@@H]3O[C@H]1C[C@H](N=[N+]=[N-])[C@H](O)[C@H](C)O1. The first-order chi connectivity index (χ1) is 19.5. The van der Waals surface area contributed by atoms with Gasteiger partial charge < -0.3 is 39.7 Å². The minimum Gasteiger partial charge on any atom is -0.507 e. The number of ketones is 3. The number of methoxy groups -OCH3 is 1. The fourth-order valence-corrected chi connectivity index (χ4v) is 5.87. The molecule has 6 atom stereocenters. The van der Waals surface area contributed by atoms with Crippen molar-refractivity contribution in [3.8, 4) is 17.2 Å². The zero-order valence-electron chi connectivity index (χ0n) is 22.0. The number of carbonyl (C=O) groups is 3. The van der Waals surface area contributed by atoms with Crippen molar-refractivity contribution >= 4 is 17.3 Å². The van der Waals surface area contributed by atoms with Gasteiger partial charge in [0, 0.05) is 40.9 Å². The van der Waals surface area contributed by atoms with Gasteiger partial charge in [0.2, 0.25) is 5.78 Å². The van der Waals surface area contributed by atoms with E-state index < -0.39 is 95.7 Å². The zero-order valence-corrected chi connectivity index (χ0v) is 22.0. The molecule has 0 amide bonds. The summed E-state index contributed by atoms with van der Waals surface area (Å²) >= 11 is 0. The molecular weight excluding hydrogens is 542 g/mol. The van der Waals surface area contributed by atoms with Gasteiger partial charge in [0.05, 0.1) is 48.2 Å². The van der Waals surface area contributed by atoms with Crippen LogP contribution in [0.15, 0.2) is 23.3 Å². The van der Waals surface area contributed by atoms with Crippen LogP contribution in [0.2, 0.25) is 0 Å². The third kappa shape index (κ3) is 4.41. The van der Waals surface area contributed by atoms with Gasteiger partial charge in [0.15, 0.2) is 17.9 Å². The summed E-state index contributed by atoms with van der Waals surface area (Å²) in [4.78, 5) is 42.6. The highest BCUT2D eigenvalue weighted by molar-refractivity contribution is 6.31. The first-order valence-electron chi connectivity index (χ1n) is 12.7. The number of hydrogen-bond donors (Lipinski definition) is 5. The van der Waals surface area contributed by atoms with E-state index in [-0.39, 0.29) is 34.4 Å². The number of aromatic hydroxyl groups is 2. The second kappa shape index (κ2) is 10.4. The number of hydrogen-bond acceptors (Lipinski definition) is 12. The number of aliphatic hydroxyl groups excluding tert-OH is 2. The predicted molar refractivity (Wildman–Crippen MR) is 137 cm³/mol. The number of rotatable bonds is 6. The summed E-state index contributed by atoms with van der Waals surface area (Å²) in [7, 11) is 1.31. The molecule has 0 unspecified atom stereocenters. The third-order valence-electron chi connectivity index (χ3n) is 7.93. The van der Waals surface area contributed by atoms with Gasteiger partial charge in [-0.2, -0.15) is 0 Å². The van der Waals surface area contributed by atoms with Gasteiger partial charge >= 0.3 is 0 Å². The van der Waals surface area contributed by atoms with Crippen LogP contribution in [-0.4, -0.2) is 86.7 Å². The number of Topliss-reactive ketones (excluding diaryl/α,β-unsaturated/α-hetero) is 1. The van der Waals surface area contributed by atoms with Crippen molar-refractivity contribution in [2.75, 3.05) is 13.7 Å². The molecule has 2 aromatic rings. The van der Waals surface area contributed by atoms with E-state index >= 15 is 0 Å². The molecule has 1 aliphatic heterocycles. The first-order valence-corrected chi connectivity index (χ1v) is 12.7. The van der Waals surface area contributed by atoms with E-state index in [2.05, 4.69) is 10.0 Å². The van der Waals surface area contributed by atoms with Crippen LogP contribution in [0.1, 0.15) is 68.8 Å². The Bertz CT molecular complexity index is 1520. The van der Waals surface area contributed by atoms with E-state index in [1.807, 2.05) is 0 Å². The summed E-state index contributed by atoms with van der Waals surface area (Å²) in [5.74, 6) is -3.97. The Labute approximate surface area is 232 Å². The first kappa shape index (κ1) is 28.5. The molecule has 0 radical (unpaired) electrons.